The van der Waals surface area contributed by atoms with Gasteiger partial charge in [0.1, 0.15) is 11.6 Å². The van der Waals surface area contributed by atoms with Crippen molar-refractivity contribution in [3.8, 4) is 5.82 Å². The molecular formula is C17H23N5. The van der Waals surface area contributed by atoms with Crippen molar-refractivity contribution in [2.45, 2.75) is 45.4 Å². The predicted molar refractivity (Wildman–Crippen MR) is 86.2 cm³/mol. The Bertz CT molecular complexity index is 647. The highest BCUT2D eigenvalue weighted by molar-refractivity contribution is 5.40. The van der Waals surface area contributed by atoms with Crippen LogP contribution in [-0.4, -0.2) is 32.6 Å². The van der Waals surface area contributed by atoms with Crippen LogP contribution in [0.25, 0.3) is 5.82 Å². The van der Waals surface area contributed by atoms with Crippen molar-refractivity contribution in [1.29, 1.82) is 0 Å². The lowest BCUT2D eigenvalue weighted by atomic mass is 9.77. The lowest BCUT2D eigenvalue weighted by Crippen LogP contribution is -2.39. The highest BCUT2D eigenvalue weighted by Crippen LogP contribution is 2.46. The van der Waals surface area contributed by atoms with Crippen molar-refractivity contribution in [1.82, 2.24) is 19.5 Å². The molecule has 2 aliphatic rings. The Balaban J connectivity index is 1.53. The Morgan fingerprint density at radius 3 is 2.41 bits per heavy atom. The van der Waals surface area contributed by atoms with E-state index in [0.717, 1.165) is 30.5 Å². The molecule has 2 fully saturated rings. The molecule has 5 nitrogen and oxygen atoms in total. The standard InChI is InChI=1S/C17H23N5/c1-14-19-8-11-22(14)16-13-18-12-15(20-16)21-9-6-17(7-10-21)4-2-3-5-17/h8,11-13H,2-7,9-10H2,1H3. The van der Waals surface area contributed by atoms with Crippen molar-refractivity contribution in [3.05, 3.63) is 30.6 Å². The van der Waals surface area contributed by atoms with E-state index >= 15 is 0 Å². The van der Waals surface area contributed by atoms with E-state index in [0.29, 0.717) is 5.41 Å². The lowest BCUT2D eigenvalue weighted by Gasteiger charge is -2.39. The molecule has 0 radical (unpaired) electrons. The van der Waals surface area contributed by atoms with Gasteiger partial charge in [0.15, 0.2) is 5.82 Å². The van der Waals surface area contributed by atoms with Crippen molar-refractivity contribution in [2.75, 3.05) is 18.0 Å². The molecule has 4 rings (SSSR count). The Hall–Kier alpha value is -1.91. The van der Waals surface area contributed by atoms with Gasteiger partial charge in [-0.3, -0.25) is 9.55 Å². The van der Waals surface area contributed by atoms with E-state index in [4.69, 9.17) is 4.98 Å². The molecule has 1 spiro atoms. The van der Waals surface area contributed by atoms with Crippen molar-refractivity contribution >= 4 is 5.82 Å². The first kappa shape index (κ1) is 13.7. The summed E-state index contributed by atoms with van der Waals surface area (Å²) in [5.74, 6) is 2.79. The minimum absolute atomic E-state index is 0.641. The SMILES string of the molecule is Cc1nccn1-c1cncc(N2CCC3(CCCC3)CC2)n1. The van der Waals surface area contributed by atoms with Gasteiger partial charge in [0, 0.05) is 25.5 Å². The van der Waals surface area contributed by atoms with Crippen LogP contribution in [0.1, 0.15) is 44.3 Å². The van der Waals surface area contributed by atoms with Crippen molar-refractivity contribution in [3.63, 3.8) is 0 Å². The molecule has 3 heterocycles. The summed E-state index contributed by atoms with van der Waals surface area (Å²) in [7, 11) is 0. The topological polar surface area (TPSA) is 46.8 Å². The zero-order valence-corrected chi connectivity index (χ0v) is 13.2. The Morgan fingerprint density at radius 2 is 1.73 bits per heavy atom. The molecule has 0 N–H and O–H groups in total. The van der Waals surface area contributed by atoms with Crippen molar-refractivity contribution < 1.29 is 0 Å². The van der Waals surface area contributed by atoms with Gasteiger partial charge < -0.3 is 4.90 Å². The largest absolute Gasteiger partial charge is 0.355 e. The summed E-state index contributed by atoms with van der Waals surface area (Å²) in [5, 5.41) is 0. The summed E-state index contributed by atoms with van der Waals surface area (Å²) in [6, 6.07) is 0. The average Bonchev–Trinajstić information content (AvgIpc) is 3.18. The normalized spacial score (nSPS) is 20.7. The van der Waals surface area contributed by atoms with Crippen LogP contribution in [0.2, 0.25) is 0 Å². The molecular weight excluding hydrogens is 274 g/mol. The van der Waals surface area contributed by atoms with E-state index in [1.807, 2.05) is 23.9 Å². The van der Waals surface area contributed by atoms with Crippen LogP contribution in [0.15, 0.2) is 24.8 Å². The third-order valence-corrected chi connectivity index (χ3v) is 5.49. The number of rotatable bonds is 2. The molecule has 1 aliphatic heterocycles. The minimum Gasteiger partial charge on any atom is -0.355 e. The predicted octanol–water partition coefficient (Wildman–Crippen LogP) is 3.13. The first-order valence-electron chi connectivity index (χ1n) is 8.33. The zero-order chi connectivity index (χ0) is 15.0. The van der Waals surface area contributed by atoms with Gasteiger partial charge in [-0.1, -0.05) is 12.8 Å². The minimum atomic E-state index is 0.641. The van der Waals surface area contributed by atoms with Gasteiger partial charge in [-0.15, -0.1) is 0 Å². The van der Waals surface area contributed by atoms with E-state index in [2.05, 4.69) is 14.9 Å². The van der Waals surface area contributed by atoms with Crippen LogP contribution in [-0.2, 0) is 0 Å². The van der Waals surface area contributed by atoms with E-state index in [9.17, 15) is 0 Å². The number of hydrogen-bond acceptors (Lipinski definition) is 4. The highest BCUT2D eigenvalue weighted by atomic mass is 15.2. The van der Waals surface area contributed by atoms with E-state index < -0.39 is 0 Å². The van der Waals surface area contributed by atoms with Gasteiger partial charge in [0.25, 0.3) is 0 Å². The number of nitrogens with zero attached hydrogens (tertiary/aromatic N) is 5. The first-order valence-corrected chi connectivity index (χ1v) is 8.33. The molecule has 0 bridgehead atoms. The smallest absolute Gasteiger partial charge is 0.159 e. The van der Waals surface area contributed by atoms with Gasteiger partial charge in [-0.05, 0) is 38.0 Å². The summed E-state index contributed by atoms with van der Waals surface area (Å²) in [6.07, 6.45) is 15.8. The number of imidazole rings is 1. The Labute approximate surface area is 131 Å². The van der Waals surface area contributed by atoms with Crippen LogP contribution >= 0.6 is 0 Å². The second-order valence-electron chi connectivity index (χ2n) is 6.77. The van der Waals surface area contributed by atoms with Gasteiger partial charge in [-0.2, -0.15) is 0 Å². The monoisotopic (exact) mass is 297 g/mol. The fourth-order valence-corrected chi connectivity index (χ4v) is 4.07. The second-order valence-corrected chi connectivity index (χ2v) is 6.77. The summed E-state index contributed by atoms with van der Waals surface area (Å²) in [5.41, 5.74) is 0.641. The molecule has 1 saturated heterocycles. The molecule has 1 aliphatic carbocycles. The second kappa shape index (κ2) is 5.38. The number of aromatic nitrogens is 4. The Kier molecular flexibility index (Phi) is 3.36. The zero-order valence-electron chi connectivity index (χ0n) is 13.2. The summed E-state index contributed by atoms with van der Waals surface area (Å²) >= 11 is 0. The van der Waals surface area contributed by atoms with E-state index in [1.165, 1.54) is 38.5 Å². The summed E-state index contributed by atoms with van der Waals surface area (Å²) in [4.78, 5) is 15.9. The number of hydrogen-bond donors (Lipinski definition) is 0. The fourth-order valence-electron chi connectivity index (χ4n) is 4.07. The molecule has 1 saturated carbocycles. The molecule has 22 heavy (non-hydrogen) atoms. The molecule has 5 heteroatoms. The van der Waals surface area contributed by atoms with Crippen LogP contribution in [0.4, 0.5) is 5.82 Å². The molecule has 2 aromatic rings. The van der Waals surface area contributed by atoms with E-state index in [-0.39, 0.29) is 0 Å². The maximum absolute atomic E-state index is 4.80. The average molecular weight is 297 g/mol. The summed E-state index contributed by atoms with van der Waals surface area (Å²) in [6.45, 7) is 4.21. The summed E-state index contributed by atoms with van der Waals surface area (Å²) < 4.78 is 1.99. The first-order chi connectivity index (χ1) is 10.8. The van der Waals surface area contributed by atoms with Crippen LogP contribution in [0, 0.1) is 12.3 Å². The lowest BCUT2D eigenvalue weighted by molar-refractivity contribution is 0.226. The number of piperidine rings is 1. The van der Waals surface area contributed by atoms with Crippen LogP contribution in [0.3, 0.4) is 0 Å². The Morgan fingerprint density at radius 1 is 1.00 bits per heavy atom. The maximum atomic E-state index is 4.80. The third-order valence-electron chi connectivity index (χ3n) is 5.49. The molecule has 0 aromatic carbocycles. The molecule has 0 unspecified atom stereocenters. The van der Waals surface area contributed by atoms with Gasteiger partial charge in [0.2, 0.25) is 0 Å². The molecule has 0 amide bonds. The quantitative estimate of drug-likeness (QED) is 0.854. The van der Waals surface area contributed by atoms with Crippen LogP contribution < -0.4 is 4.90 Å². The van der Waals surface area contributed by atoms with Gasteiger partial charge >= 0.3 is 0 Å². The molecule has 2 aromatic heterocycles. The van der Waals surface area contributed by atoms with Gasteiger partial charge in [0.05, 0.1) is 12.4 Å². The molecule has 0 atom stereocenters. The van der Waals surface area contributed by atoms with Gasteiger partial charge in [-0.25, -0.2) is 9.97 Å². The van der Waals surface area contributed by atoms with Crippen molar-refractivity contribution in [2.24, 2.45) is 5.41 Å². The number of anilines is 1. The fraction of sp³-hybridized carbons (Fsp3) is 0.588. The molecule has 116 valence electrons. The third kappa shape index (κ3) is 2.38. The van der Waals surface area contributed by atoms with Crippen LogP contribution in [0.5, 0.6) is 0 Å². The highest BCUT2D eigenvalue weighted by Gasteiger charge is 2.37. The number of aryl methyl sites for hydroxylation is 1. The van der Waals surface area contributed by atoms with E-state index in [1.54, 1.807) is 12.4 Å². The maximum Gasteiger partial charge on any atom is 0.159 e.